The van der Waals surface area contributed by atoms with E-state index in [4.69, 9.17) is 14.2 Å². The molecule has 0 saturated carbocycles. The number of fused-ring (bicyclic) bond motifs is 1. The lowest BCUT2D eigenvalue weighted by Gasteiger charge is -2.29. The third kappa shape index (κ3) is 5.97. The van der Waals surface area contributed by atoms with Crippen LogP contribution in [0.4, 0.5) is 0 Å². The Morgan fingerprint density at radius 3 is 2.02 bits per heavy atom. The second kappa shape index (κ2) is 11.4. The standard InChI is InChI=1S/C33H38N2O6S/c1-18-26(30(38)40-10)27(21-11-13-22(39-9)14-12-21)35-29(37)25(42-31(35)34-18)17-20-15-23(32(3,4)5)28(41-19(2)36)24(16-20)33(6,7)8/h11-17,27H,1-10H3. The lowest BCUT2D eigenvalue weighted by atomic mass is 9.78. The Kier molecular flexibility index (Phi) is 8.38. The summed E-state index contributed by atoms with van der Waals surface area (Å²) in [7, 11) is 2.90. The van der Waals surface area contributed by atoms with Crippen LogP contribution in [0.3, 0.4) is 0 Å². The molecule has 0 spiro atoms. The highest BCUT2D eigenvalue weighted by molar-refractivity contribution is 7.07. The molecule has 222 valence electrons. The molecule has 3 aromatic rings. The van der Waals surface area contributed by atoms with Crippen molar-refractivity contribution in [2.45, 2.75) is 72.3 Å². The highest BCUT2D eigenvalue weighted by Crippen LogP contribution is 2.41. The zero-order valence-corrected chi connectivity index (χ0v) is 26.7. The molecule has 0 radical (unpaired) electrons. The monoisotopic (exact) mass is 590 g/mol. The number of esters is 2. The molecule has 0 amide bonds. The van der Waals surface area contributed by atoms with E-state index in [9.17, 15) is 14.4 Å². The van der Waals surface area contributed by atoms with E-state index >= 15 is 0 Å². The molecule has 1 aliphatic rings. The molecule has 1 atom stereocenters. The number of carbonyl (C=O) groups excluding carboxylic acids is 2. The average Bonchev–Trinajstić information content (AvgIpc) is 3.20. The van der Waals surface area contributed by atoms with Gasteiger partial charge < -0.3 is 14.2 Å². The number of allylic oxidation sites excluding steroid dienone is 1. The molecule has 0 aliphatic carbocycles. The van der Waals surface area contributed by atoms with E-state index in [1.54, 1.807) is 30.7 Å². The smallest absolute Gasteiger partial charge is 0.338 e. The molecule has 0 saturated heterocycles. The van der Waals surface area contributed by atoms with Crippen molar-refractivity contribution in [1.29, 1.82) is 0 Å². The first kappa shape index (κ1) is 31.0. The summed E-state index contributed by atoms with van der Waals surface area (Å²) in [6, 6.07) is 10.5. The number of hydrogen-bond donors (Lipinski definition) is 0. The van der Waals surface area contributed by atoms with Gasteiger partial charge in [-0.05, 0) is 59.2 Å². The van der Waals surface area contributed by atoms with Gasteiger partial charge in [0.05, 0.1) is 36.1 Å². The predicted octanol–water partition coefficient (Wildman–Crippen LogP) is 4.94. The van der Waals surface area contributed by atoms with Gasteiger partial charge in [-0.25, -0.2) is 9.79 Å². The molecule has 2 aromatic carbocycles. The third-order valence-corrected chi connectivity index (χ3v) is 8.11. The predicted molar refractivity (Wildman–Crippen MR) is 164 cm³/mol. The molecule has 42 heavy (non-hydrogen) atoms. The van der Waals surface area contributed by atoms with Crippen molar-refractivity contribution >= 4 is 29.4 Å². The van der Waals surface area contributed by atoms with E-state index in [1.165, 1.54) is 25.4 Å². The Morgan fingerprint density at radius 2 is 1.55 bits per heavy atom. The Bertz CT molecular complexity index is 1730. The van der Waals surface area contributed by atoms with Crippen molar-refractivity contribution < 1.29 is 23.8 Å². The summed E-state index contributed by atoms with van der Waals surface area (Å²) >= 11 is 1.26. The summed E-state index contributed by atoms with van der Waals surface area (Å²) in [6.45, 7) is 15.5. The lowest BCUT2D eigenvalue weighted by Crippen LogP contribution is -2.39. The summed E-state index contributed by atoms with van der Waals surface area (Å²) < 4.78 is 18.2. The van der Waals surface area contributed by atoms with Gasteiger partial charge in [-0.15, -0.1) is 0 Å². The number of thiazole rings is 1. The van der Waals surface area contributed by atoms with Crippen LogP contribution in [0.5, 0.6) is 11.5 Å². The summed E-state index contributed by atoms with van der Waals surface area (Å²) in [6.07, 6.45) is 1.84. The topological polar surface area (TPSA) is 96.2 Å². The fraction of sp³-hybridized carbons (Fsp3) is 0.394. The van der Waals surface area contributed by atoms with Gasteiger partial charge in [-0.1, -0.05) is 65.0 Å². The third-order valence-electron chi connectivity index (χ3n) is 7.13. The molecule has 2 heterocycles. The lowest BCUT2D eigenvalue weighted by molar-refractivity contribution is -0.136. The van der Waals surface area contributed by atoms with Crippen LogP contribution in [0.2, 0.25) is 0 Å². The van der Waals surface area contributed by atoms with Crippen molar-refractivity contribution in [3.8, 4) is 11.5 Å². The van der Waals surface area contributed by atoms with Crippen LogP contribution in [0, 0.1) is 0 Å². The van der Waals surface area contributed by atoms with Crippen LogP contribution >= 0.6 is 11.3 Å². The van der Waals surface area contributed by atoms with E-state index in [2.05, 4.69) is 46.5 Å². The van der Waals surface area contributed by atoms with Gasteiger partial charge in [0.1, 0.15) is 11.5 Å². The molecular weight excluding hydrogens is 552 g/mol. The largest absolute Gasteiger partial charge is 0.497 e. The maximum atomic E-state index is 14.1. The zero-order valence-electron chi connectivity index (χ0n) is 25.9. The second-order valence-corrected chi connectivity index (χ2v) is 13.4. The normalized spacial score (nSPS) is 15.7. The minimum Gasteiger partial charge on any atom is -0.497 e. The molecule has 1 aliphatic heterocycles. The fourth-order valence-corrected chi connectivity index (χ4v) is 6.09. The van der Waals surface area contributed by atoms with Gasteiger partial charge in [0.25, 0.3) is 5.56 Å². The highest BCUT2D eigenvalue weighted by Gasteiger charge is 2.33. The number of ether oxygens (including phenoxy) is 3. The van der Waals surface area contributed by atoms with Crippen molar-refractivity contribution in [3.63, 3.8) is 0 Å². The van der Waals surface area contributed by atoms with Crippen LogP contribution in [-0.2, 0) is 25.2 Å². The number of benzene rings is 2. The van der Waals surface area contributed by atoms with Crippen molar-refractivity contribution in [2.75, 3.05) is 14.2 Å². The second-order valence-electron chi connectivity index (χ2n) is 12.4. The van der Waals surface area contributed by atoms with E-state index in [0.29, 0.717) is 32.1 Å². The van der Waals surface area contributed by atoms with Gasteiger partial charge in [0, 0.05) is 18.1 Å². The Labute approximate surface area is 250 Å². The summed E-state index contributed by atoms with van der Waals surface area (Å²) in [4.78, 5) is 44.2. The molecule has 1 unspecified atom stereocenters. The Hall–Kier alpha value is -3.98. The average molecular weight is 591 g/mol. The van der Waals surface area contributed by atoms with Crippen molar-refractivity contribution in [3.05, 3.63) is 89.6 Å². The number of aromatic nitrogens is 1. The van der Waals surface area contributed by atoms with Gasteiger partial charge >= 0.3 is 11.9 Å². The van der Waals surface area contributed by atoms with Crippen LogP contribution in [0.15, 0.2) is 57.5 Å². The van der Waals surface area contributed by atoms with Crippen molar-refractivity contribution in [1.82, 2.24) is 4.57 Å². The van der Waals surface area contributed by atoms with Crippen molar-refractivity contribution in [2.24, 2.45) is 4.99 Å². The zero-order chi connectivity index (χ0) is 31.1. The molecule has 0 bridgehead atoms. The van der Waals surface area contributed by atoms with Gasteiger partial charge in [0.2, 0.25) is 0 Å². The van der Waals surface area contributed by atoms with Crippen LogP contribution in [0.25, 0.3) is 6.08 Å². The number of carbonyl (C=O) groups is 2. The molecule has 8 nitrogen and oxygen atoms in total. The minimum atomic E-state index is -0.719. The summed E-state index contributed by atoms with van der Waals surface area (Å²) in [5.41, 5.74) is 3.10. The number of hydrogen-bond acceptors (Lipinski definition) is 8. The van der Waals surface area contributed by atoms with E-state index in [0.717, 1.165) is 22.3 Å². The van der Waals surface area contributed by atoms with Crippen LogP contribution in [0.1, 0.15) is 83.7 Å². The number of nitrogens with zero attached hydrogens (tertiary/aromatic N) is 2. The maximum Gasteiger partial charge on any atom is 0.338 e. The van der Waals surface area contributed by atoms with Crippen LogP contribution < -0.4 is 24.4 Å². The van der Waals surface area contributed by atoms with Gasteiger partial charge in [0.15, 0.2) is 4.80 Å². The molecule has 0 N–H and O–H groups in total. The fourth-order valence-electron chi connectivity index (χ4n) is 5.05. The first-order valence-electron chi connectivity index (χ1n) is 13.7. The Balaban J connectivity index is 2.00. The molecular formula is C33H38N2O6S. The summed E-state index contributed by atoms with van der Waals surface area (Å²) in [5.74, 6) is 0.284. The first-order chi connectivity index (χ1) is 19.6. The molecule has 0 fully saturated rings. The minimum absolute atomic E-state index is 0.271. The summed E-state index contributed by atoms with van der Waals surface area (Å²) in [5, 5.41) is 0. The highest BCUT2D eigenvalue weighted by atomic mass is 32.1. The van der Waals surface area contributed by atoms with Gasteiger partial charge in [-0.2, -0.15) is 0 Å². The quantitative estimate of drug-likeness (QED) is 0.309. The molecule has 4 rings (SSSR count). The molecule has 1 aromatic heterocycles. The number of methoxy groups -OCH3 is 2. The molecule has 9 heteroatoms. The Morgan fingerprint density at radius 1 is 0.976 bits per heavy atom. The SMILES string of the molecule is COC(=O)C1=C(C)N=c2sc(=Cc3cc(C(C)(C)C)c(OC(C)=O)c(C(C)(C)C)c3)c(=O)n2C1c1ccc(OC)cc1. The van der Waals surface area contributed by atoms with E-state index < -0.39 is 12.0 Å². The first-order valence-corrected chi connectivity index (χ1v) is 14.5. The van der Waals surface area contributed by atoms with Gasteiger partial charge in [-0.3, -0.25) is 14.2 Å². The maximum absolute atomic E-state index is 14.1. The number of rotatable bonds is 5. The van der Waals surface area contributed by atoms with Crippen LogP contribution in [-0.4, -0.2) is 30.7 Å². The van der Waals surface area contributed by atoms with E-state index in [1.807, 2.05) is 30.3 Å². The van der Waals surface area contributed by atoms with E-state index in [-0.39, 0.29) is 22.4 Å².